The monoisotopic (exact) mass is 261 g/mol. The highest BCUT2D eigenvalue weighted by Gasteiger charge is 2.25. The number of nitrogens with two attached hydrogens (primary N) is 1. The van der Waals surface area contributed by atoms with Crippen LogP contribution in [0, 0.1) is 5.92 Å². The number of anilines is 1. The first-order valence-corrected chi connectivity index (χ1v) is 6.48. The predicted octanol–water partition coefficient (Wildman–Crippen LogP) is 1.38. The average molecular weight is 261 g/mol. The molecule has 1 aromatic carbocycles. The van der Waals surface area contributed by atoms with Crippen molar-refractivity contribution in [3.63, 3.8) is 0 Å². The number of nitrogens with one attached hydrogen (secondary N) is 1. The molecule has 5 heteroatoms. The van der Waals surface area contributed by atoms with E-state index in [-0.39, 0.29) is 11.8 Å². The zero-order chi connectivity index (χ0) is 13.8. The third kappa shape index (κ3) is 3.12. The van der Waals surface area contributed by atoms with E-state index in [2.05, 4.69) is 5.32 Å². The number of benzene rings is 1. The van der Waals surface area contributed by atoms with Crippen molar-refractivity contribution in [3.05, 3.63) is 29.8 Å². The van der Waals surface area contributed by atoms with E-state index in [0.29, 0.717) is 31.1 Å². The van der Waals surface area contributed by atoms with Gasteiger partial charge in [0.1, 0.15) is 0 Å². The molecule has 2 amide bonds. The number of urea groups is 1. The molecule has 0 aromatic heterocycles. The number of rotatable bonds is 4. The Kier molecular flexibility index (Phi) is 4.16. The van der Waals surface area contributed by atoms with Crippen LogP contribution in [-0.2, 0) is 0 Å². The summed E-state index contributed by atoms with van der Waals surface area (Å²) in [5.74, 6) is 0.394. The molecule has 1 heterocycles. The van der Waals surface area contributed by atoms with Crippen LogP contribution in [-0.4, -0.2) is 31.4 Å². The van der Waals surface area contributed by atoms with Gasteiger partial charge in [-0.05, 0) is 50.1 Å². The van der Waals surface area contributed by atoms with Crippen molar-refractivity contribution in [2.24, 2.45) is 11.7 Å². The molecule has 2 rings (SSSR count). The van der Waals surface area contributed by atoms with Crippen LogP contribution in [0.5, 0.6) is 0 Å². The molecule has 0 bridgehead atoms. The molecule has 1 saturated heterocycles. The van der Waals surface area contributed by atoms with Crippen LogP contribution in [0.3, 0.4) is 0 Å². The van der Waals surface area contributed by atoms with Gasteiger partial charge < -0.3 is 11.1 Å². The predicted molar refractivity (Wildman–Crippen MR) is 74.4 cm³/mol. The third-order valence-electron chi connectivity index (χ3n) is 3.39. The lowest BCUT2D eigenvalue weighted by molar-refractivity contribution is 0.101. The number of hydrogen-bond donors (Lipinski definition) is 2. The fourth-order valence-electron chi connectivity index (χ4n) is 2.26. The fourth-order valence-corrected chi connectivity index (χ4v) is 2.26. The van der Waals surface area contributed by atoms with Gasteiger partial charge in [0.05, 0.1) is 0 Å². The summed E-state index contributed by atoms with van der Waals surface area (Å²) in [6.45, 7) is 3.50. The summed E-state index contributed by atoms with van der Waals surface area (Å²) in [5, 5.41) is 2.87. The number of hydrogen-bond acceptors (Lipinski definition) is 3. The minimum absolute atomic E-state index is 0.0238. The van der Waals surface area contributed by atoms with Gasteiger partial charge in [-0.1, -0.05) is 0 Å². The minimum Gasteiger partial charge on any atom is -0.337 e. The highest BCUT2D eigenvalue weighted by atomic mass is 16.2. The quantitative estimate of drug-likeness (QED) is 0.804. The SMILES string of the molecule is CC(=O)c1ccc(N2CC(CCN)CNC2=O)cc1. The first kappa shape index (κ1) is 13.5. The fraction of sp³-hybridized carbons (Fsp3) is 0.429. The second-order valence-electron chi connectivity index (χ2n) is 4.84. The van der Waals surface area contributed by atoms with Gasteiger partial charge in [-0.2, -0.15) is 0 Å². The second-order valence-corrected chi connectivity index (χ2v) is 4.84. The molecular weight excluding hydrogens is 242 g/mol. The molecule has 19 heavy (non-hydrogen) atoms. The van der Waals surface area contributed by atoms with Gasteiger partial charge >= 0.3 is 6.03 Å². The smallest absolute Gasteiger partial charge is 0.321 e. The molecule has 1 atom stereocenters. The number of Topliss-reactive ketones (excluding diaryl/α,β-unsaturated/α-hetero) is 1. The molecule has 1 aromatic rings. The molecule has 3 N–H and O–H groups in total. The summed E-state index contributed by atoms with van der Waals surface area (Å²) >= 11 is 0. The van der Waals surface area contributed by atoms with Gasteiger partial charge in [-0.15, -0.1) is 0 Å². The van der Waals surface area contributed by atoms with Crippen molar-refractivity contribution < 1.29 is 9.59 Å². The van der Waals surface area contributed by atoms with Crippen LogP contribution in [0.1, 0.15) is 23.7 Å². The van der Waals surface area contributed by atoms with Crippen molar-refractivity contribution in [2.75, 3.05) is 24.5 Å². The lowest BCUT2D eigenvalue weighted by Gasteiger charge is -2.33. The molecule has 1 fully saturated rings. The van der Waals surface area contributed by atoms with E-state index in [4.69, 9.17) is 5.73 Å². The minimum atomic E-state index is -0.0937. The molecule has 1 aliphatic rings. The second kappa shape index (κ2) is 5.84. The van der Waals surface area contributed by atoms with E-state index in [1.165, 1.54) is 6.92 Å². The summed E-state index contributed by atoms with van der Waals surface area (Å²) in [4.78, 5) is 24.8. The zero-order valence-electron chi connectivity index (χ0n) is 11.1. The van der Waals surface area contributed by atoms with Gasteiger partial charge in [0.2, 0.25) is 0 Å². The first-order valence-electron chi connectivity index (χ1n) is 6.48. The van der Waals surface area contributed by atoms with Gasteiger partial charge in [0.15, 0.2) is 5.78 Å². The standard InChI is InChI=1S/C14H19N3O2/c1-10(18)12-2-4-13(5-3-12)17-9-11(6-7-15)8-16-14(17)19/h2-5,11H,6-9,15H2,1H3,(H,16,19). The van der Waals surface area contributed by atoms with Gasteiger partial charge in [-0.3, -0.25) is 9.69 Å². The molecule has 1 aliphatic heterocycles. The zero-order valence-corrected chi connectivity index (χ0v) is 11.1. The molecule has 0 radical (unpaired) electrons. The van der Waals surface area contributed by atoms with Crippen LogP contribution in [0.4, 0.5) is 10.5 Å². The molecule has 0 saturated carbocycles. The van der Waals surface area contributed by atoms with E-state index in [9.17, 15) is 9.59 Å². The number of carbonyl (C=O) groups is 2. The number of ketones is 1. The molecular formula is C14H19N3O2. The molecule has 5 nitrogen and oxygen atoms in total. The van der Waals surface area contributed by atoms with E-state index in [1.54, 1.807) is 29.2 Å². The normalized spacial score (nSPS) is 19.2. The first-order chi connectivity index (χ1) is 9.11. The Morgan fingerprint density at radius 3 is 2.68 bits per heavy atom. The van der Waals surface area contributed by atoms with E-state index in [1.807, 2.05) is 0 Å². The number of amides is 2. The van der Waals surface area contributed by atoms with Crippen LogP contribution < -0.4 is 16.0 Å². The summed E-state index contributed by atoms with van der Waals surface area (Å²) in [7, 11) is 0. The Labute approximate surface area is 112 Å². The summed E-state index contributed by atoms with van der Waals surface area (Å²) in [6.07, 6.45) is 0.891. The van der Waals surface area contributed by atoms with Crippen molar-refractivity contribution in [2.45, 2.75) is 13.3 Å². The Hall–Kier alpha value is -1.88. The highest BCUT2D eigenvalue weighted by Crippen LogP contribution is 2.20. The lowest BCUT2D eigenvalue weighted by Crippen LogP contribution is -2.51. The van der Waals surface area contributed by atoms with E-state index >= 15 is 0 Å². The maximum atomic E-state index is 11.9. The molecule has 102 valence electrons. The van der Waals surface area contributed by atoms with Crippen LogP contribution >= 0.6 is 0 Å². The van der Waals surface area contributed by atoms with Crippen LogP contribution in [0.2, 0.25) is 0 Å². The van der Waals surface area contributed by atoms with Crippen LogP contribution in [0.25, 0.3) is 0 Å². The maximum Gasteiger partial charge on any atom is 0.321 e. The molecule has 1 unspecified atom stereocenters. The lowest BCUT2D eigenvalue weighted by atomic mass is 10.0. The Bertz CT molecular complexity index is 470. The highest BCUT2D eigenvalue weighted by molar-refractivity contribution is 5.96. The Morgan fingerprint density at radius 1 is 1.42 bits per heavy atom. The van der Waals surface area contributed by atoms with Crippen molar-refractivity contribution in [1.29, 1.82) is 0 Å². The summed E-state index contributed by atoms with van der Waals surface area (Å²) in [5.41, 5.74) is 7.02. The van der Waals surface area contributed by atoms with E-state index in [0.717, 1.165) is 12.1 Å². The molecule has 0 spiro atoms. The van der Waals surface area contributed by atoms with Gasteiger partial charge in [0, 0.05) is 24.3 Å². The number of carbonyl (C=O) groups excluding carboxylic acids is 2. The maximum absolute atomic E-state index is 11.9. The van der Waals surface area contributed by atoms with Crippen molar-refractivity contribution >= 4 is 17.5 Å². The largest absolute Gasteiger partial charge is 0.337 e. The van der Waals surface area contributed by atoms with Gasteiger partial charge in [0.25, 0.3) is 0 Å². The topological polar surface area (TPSA) is 75.4 Å². The molecule has 0 aliphatic carbocycles. The summed E-state index contributed by atoms with van der Waals surface area (Å²) < 4.78 is 0. The van der Waals surface area contributed by atoms with Gasteiger partial charge in [-0.25, -0.2) is 4.79 Å². The van der Waals surface area contributed by atoms with Crippen molar-refractivity contribution in [1.82, 2.24) is 5.32 Å². The third-order valence-corrected chi connectivity index (χ3v) is 3.39. The Balaban J connectivity index is 2.14. The summed E-state index contributed by atoms with van der Waals surface area (Å²) in [6, 6.07) is 7.01. The van der Waals surface area contributed by atoms with E-state index < -0.39 is 0 Å². The average Bonchev–Trinajstić information content (AvgIpc) is 2.41. The van der Waals surface area contributed by atoms with Crippen LogP contribution in [0.15, 0.2) is 24.3 Å². The Morgan fingerprint density at radius 2 is 2.11 bits per heavy atom. The van der Waals surface area contributed by atoms with Crippen molar-refractivity contribution in [3.8, 4) is 0 Å². The number of nitrogens with zero attached hydrogens (tertiary/aromatic N) is 1.